The van der Waals surface area contributed by atoms with E-state index in [9.17, 15) is 17.6 Å². The predicted octanol–water partition coefficient (Wildman–Crippen LogP) is 3.79. The fourth-order valence-corrected chi connectivity index (χ4v) is 9.60. The van der Waals surface area contributed by atoms with E-state index < -0.39 is 10.0 Å². The van der Waals surface area contributed by atoms with Crippen LogP contribution in [0.4, 0.5) is 4.39 Å². The third kappa shape index (κ3) is 5.98. The SMILES string of the molecule is Cc1ncnc(C)c1C(=O)N1CCC(C)(N2CCN([C@@H](c3cccc(F)c3)C3CCN(S(=O)(=O)C4CC4)C3)[C@@H](C)C2)CC1. The van der Waals surface area contributed by atoms with Crippen LogP contribution >= 0.6 is 0 Å². The molecule has 1 unspecified atom stereocenters. The molecule has 4 heterocycles. The predicted molar refractivity (Wildman–Crippen MR) is 164 cm³/mol. The van der Waals surface area contributed by atoms with Gasteiger partial charge in [-0.25, -0.2) is 27.1 Å². The van der Waals surface area contributed by atoms with Gasteiger partial charge in [0, 0.05) is 63.4 Å². The zero-order valence-corrected chi connectivity index (χ0v) is 26.7. The minimum atomic E-state index is -3.23. The van der Waals surface area contributed by atoms with Gasteiger partial charge >= 0.3 is 0 Å². The topological polar surface area (TPSA) is 90.0 Å². The Morgan fingerprint density at radius 1 is 1.00 bits per heavy atom. The standard InChI is InChI=1S/C32H45FN6O3S/c1-22-19-37(32(4)11-14-36(15-12-32)31(40)29-23(2)34-21-35-24(29)3)16-17-39(22)30(25-6-5-7-27(33)18-25)26-10-13-38(20-26)43(41,42)28-8-9-28/h5-7,18,21-22,26,28,30H,8-17,19-20H2,1-4H3/t22-,26?,30-/m0/s1. The van der Waals surface area contributed by atoms with Gasteiger partial charge in [-0.2, -0.15) is 0 Å². The Balaban J connectivity index is 1.14. The van der Waals surface area contributed by atoms with E-state index in [-0.39, 0.29) is 40.5 Å². The minimum Gasteiger partial charge on any atom is -0.338 e. The Kier molecular flexibility index (Phi) is 8.38. The molecule has 3 saturated heterocycles. The van der Waals surface area contributed by atoms with Crippen molar-refractivity contribution >= 4 is 15.9 Å². The molecule has 9 nitrogen and oxygen atoms in total. The van der Waals surface area contributed by atoms with Crippen molar-refractivity contribution < 1.29 is 17.6 Å². The number of rotatable bonds is 7. The fraction of sp³-hybridized carbons (Fsp3) is 0.656. The quantitative estimate of drug-likeness (QED) is 0.470. The number of aromatic nitrogens is 2. The lowest BCUT2D eigenvalue weighted by Gasteiger charge is -2.53. The summed E-state index contributed by atoms with van der Waals surface area (Å²) in [6, 6.07) is 7.05. The molecule has 1 saturated carbocycles. The first-order valence-corrected chi connectivity index (χ1v) is 17.3. The van der Waals surface area contributed by atoms with Crippen LogP contribution in [0.15, 0.2) is 30.6 Å². The summed E-state index contributed by atoms with van der Waals surface area (Å²) in [6.07, 6.45) is 5.60. The largest absolute Gasteiger partial charge is 0.338 e. The van der Waals surface area contributed by atoms with Crippen LogP contribution in [-0.4, -0.2) is 106 Å². The Labute approximate surface area is 255 Å². The zero-order valence-electron chi connectivity index (χ0n) is 25.9. The summed E-state index contributed by atoms with van der Waals surface area (Å²) >= 11 is 0. The second-order valence-electron chi connectivity index (χ2n) is 13.4. The molecule has 1 amide bonds. The van der Waals surface area contributed by atoms with Gasteiger partial charge in [-0.1, -0.05) is 12.1 Å². The highest BCUT2D eigenvalue weighted by Gasteiger charge is 2.47. The number of piperidine rings is 1. The molecule has 1 aromatic heterocycles. The van der Waals surface area contributed by atoms with Gasteiger partial charge in [0.1, 0.15) is 12.1 Å². The normalized spacial score (nSPS) is 26.5. The maximum absolute atomic E-state index is 14.5. The van der Waals surface area contributed by atoms with Crippen molar-refractivity contribution in [2.45, 2.75) is 82.7 Å². The molecule has 6 rings (SSSR count). The van der Waals surface area contributed by atoms with Gasteiger partial charge in [0.25, 0.3) is 5.91 Å². The van der Waals surface area contributed by atoms with Gasteiger partial charge < -0.3 is 4.90 Å². The highest BCUT2D eigenvalue weighted by Crippen LogP contribution is 2.42. The molecule has 11 heteroatoms. The summed E-state index contributed by atoms with van der Waals surface area (Å²) in [5.41, 5.74) is 2.97. The summed E-state index contributed by atoms with van der Waals surface area (Å²) in [5, 5.41) is -0.210. The van der Waals surface area contributed by atoms with E-state index in [0.717, 1.165) is 68.7 Å². The van der Waals surface area contributed by atoms with Gasteiger partial charge in [-0.3, -0.25) is 14.6 Å². The number of carbonyl (C=O) groups is 1. The maximum Gasteiger partial charge on any atom is 0.257 e. The van der Waals surface area contributed by atoms with Crippen LogP contribution in [-0.2, 0) is 10.0 Å². The molecule has 4 aliphatic rings. The van der Waals surface area contributed by atoms with E-state index in [2.05, 4.69) is 33.6 Å². The number of halogens is 1. The minimum absolute atomic E-state index is 0.0167. The van der Waals surface area contributed by atoms with E-state index in [1.165, 1.54) is 12.4 Å². The van der Waals surface area contributed by atoms with Crippen molar-refractivity contribution in [2.24, 2.45) is 5.92 Å². The number of nitrogens with zero attached hydrogens (tertiary/aromatic N) is 6. The lowest BCUT2D eigenvalue weighted by Crippen LogP contribution is -2.62. The third-order valence-corrected chi connectivity index (χ3v) is 12.9. The second kappa shape index (κ2) is 11.8. The van der Waals surface area contributed by atoms with Crippen LogP contribution in [0.1, 0.15) is 79.3 Å². The molecule has 1 aliphatic carbocycles. The number of amides is 1. The Morgan fingerprint density at radius 3 is 2.33 bits per heavy atom. The van der Waals surface area contributed by atoms with Gasteiger partial charge in [0.15, 0.2) is 0 Å². The first kappa shape index (κ1) is 30.6. The monoisotopic (exact) mass is 612 g/mol. The summed E-state index contributed by atoms with van der Waals surface area (Å²) < 4.78 is 42.3. The van der Waals surface area contributed by atoms with Crippen molar-refractivity contribution in [2.75, 3.05) is 45.8 Å². The highest BCUT2D eigenvalue weighted by molar-refractivity contribution is 7.90. The Hall–Kier alpha value is -2.47. The average molecular weight is 613 g/mol. The summed E-state index contributed by atoms with van der Waals surface area (Å²) in [6.45, 7) is 13.3. The molecule has 0 radical (unpaired) electrons. The molecule has 43 heavy (non-hydrogen) atoms. The van der Waals surface area contributed by atoms with Crippen molar-refractivity contribution in [3.63, 3.8) is 0 Å². The number of sulfonamides is 1. The van der Waals surface area contributed by atoms with E-state index in [1.807, 2.05) is 24.8 Å². The zero-order chi connectivity index (χ0) is 30.5. The van der Waals surface area contributed by atoms with E-state index in [0.29, 0.717) is 31.7 Å². The second-order valence-corrected chi connectivity index (χ2v) is 15.6. The van der Waals surface area contributed by atoms with Crippen molar-refractivity contribution in [3.05, 3.63) is 58.9 Å². The number of hydrogen-bond acceptors (Lipinski definition) is 7. The van der Waals surface area contributed by atoms with Crippen LogP contribution in [0.5, 0.6) is 0 Å². The summed E-state index contributed by atoms with van der Waals surface area (Å²) in [7, 11) is -3.23. The number of aryl methyl sites for hydroxylation is 2. The molecule has 234 valence electrons. The first-order chi connectivity index (χ1) is 20.5. The van der Waals surface area contributed by atoms with E-state index in [4.69, 9.17) is 0 Å². The maximum atomic E-state index is 14.5. The Bertz CT molecular complexity index is 1440. The number of benzene rings is 1. The van der Waals surface area contributed by atoms with Gasteiger partial charge in [0.05, 0.1) is 22.2 Å². The van der Waals surface area contributed by atoms with E-state index in [1.54, 1.807) is 16.4 Å². The van der Waals surface area contributed by atoms with Gasteiger partial charge in [-0.05, 0) is 83.4 Å². The van der Waals surface area contributed by atoms with Crippen LogP contribution < -0.4 is 0 Å². The molecule has 4 fully saturated rings. The molecule has 0 bridgehead atoms. The number of likely N-dealkylation sites (tertiary alicyclic amines) is 1. The lowest BCUT2D eigenvalue weighted by atomic mass is 9.85. The number of carbonyl (C=O) groups excluding carboxylic acids is 1. The molecule has 3 atom stereocenters. The van der Waals surface area contributed by atoms with Gasteiger partial charge in [-0.15, -0.1) is 0 Å². The smallest absolute Gasteiger partial charge is 0.257 e. The van der Waals surface area contributed by atoms with E-state index >= 15 is 0 Å². The summed E-state index contributed by atoms with van der Waals surface area (Å²) in [4.78, 5) is 28.9. The molecule has 0 spiro atoms. The molecule has 1 aromatic carbocycles. The van der Waals surface area contributed by atoms with Gasteiger partial charge in [0.2, 0.25) is 10.0 Å². The van der Waals surface area contributed by atoms with Crippen LogP contribution in [0.3, 0.4) is 0 Å². The van der Waals surface area contributed by atoms with Crippen LogP contribution in [0.2, 0.25) is 0 Å². The molecular weight excluding hydrogens is 567 g/mol. The first-order valence-electron chi connectivity index (χ1n) is 15.8. The molecule has 2 aromatic rings. The lowest BCUT2D eigenvalue weighted by molar-refractivity contribution is -0.0378. The average Bonchev–Trinajstić information content (AvgIpc) is 3.73. The number of piperazine rings is 1. The summed E-state index contributed by atoms with van der Waals surface area (Å²) in [5.74, 6) is -0.123. The number of hydrogen-bond donors (Lipinski definition) is 0. The van der Waals surface area contributed by atoms with Crippen LogP contribution in [0, 0.1) is 25.6 Å². The van der Waals surface area contributed by atoms with Crippen LogP contribution in [0.25, 0.3) is 0 Å². The highest BCUT2D eigenvalue weighted by atomic mass is 32.2. The molecular formula is C32H45FN6O3S. The molecule has 0 N–H and O–H groups in total. The molecule has 3 aliphatic heterocycles. The fourth-order valence-electron chi connectivity index (χ4n) is 7.69. The Morgan fingerprint density at radius 2 is 1.70 bits per heavy atom. The van der Waals surface area contributed by atoms with Crippen molar-refractivity contribution in [1.29, 1.82) is 0 Å². The van der Waals surface area contributed by atoms with Crippen molar-refractivity contribution in [1.82, 2.24) is 29.0 Å². The van der Waals surface area contributed by atoms with Crippen molar-refractivity contribution in [3.8, 4) is 0 Å². The third-order valence-electron chi connectivity index (χ3n) is 10.5.